The number of aliphatic hydroxyl groups excluding tert-OH is 1. The van der Waals surface area contributed by atoms with Crippen LogP contribution in [0.1, 0.15) is 25.1 Å². The summed E-state index contributed by atoms with van der Waals surface area (Å²) in [7, 11) is 1.93. The third-order valence-corrected chi connectivity index (χ3v) is 2.27. The number of thiocarbonyl (C=S) groups is 1. The van der Waals surface area contributed by atoms with Crippen molar-refractivity contribution in [3.63, 3.8) is 0 Å². The number of hydrogen-bond acceptors (Lipinski definition) is 3. The first-order chi connectivity index (χ1) is 6.25. The molecule has 13 heavy (non-hydrogen) atoms. The van der Waals surface area contributed by atoms with Gasteiger partial charge in [0.05, 0.1) is 4.86 Å². The maximum atomic E-state index is 8.60. The molecular weight excluding hydrogens is 184 g/mol. The summed E-state index contributed by atoms with van der Waals surface area (Å²) in [6.45, 7) is 0.239. The minimum atomic E-state index is 0.239. The lowest BCUT2D eigenvalue weighted by Crippen LogP contribution is -2.05. The summed E-state index contributed by atoms with van der Waals surface area (Å²) in [6, 6.07) is 0. The molecule has 0 aromatic carbocycles. The van der Waals surface area contributed by atoms with Gasteiger partial charge in [-0.2, -0.15) is 0 Å². The Morgan fingerprint density at radius 1 is 1.62 bits per heavy atom. The van der Waals surface area contributed by atoms with Gasteiger partial charge in [-0.3, -0.25) is 0 Å². The summed E-state index contributed by atoms with van der Waals surface area (Å²) in [4.78, 5) is 5.03. The number of unbranched alkanes of at least 4 members (excludes halogenated alkanes) is 1. The Hall–Kier alpha value is -0.740. The molecule has 0 amide bonds. The zero-order valence-corrected chi connectivity index (χ0v) is 8.55. The fourth-order valence-corrected chi connectivity index (χ4v) is 1.48. The first-order valence-electron chi connectivity index (χ1n) is 4.37. The lowest BCUT2D eigenvalue weighted by molar-refractivity contribution is 0.285. The predicted octanol–water partition coefficient (Wildman–Crippen LogP) is 1.30. The van der Waals surface area contributed by atoms with Crippen LogP contribution < -0.4 is 0 Å². The Labute approximate surface area is 83.4 Å². The highest BCUT2D eigenvalue weighted by Crippen LogP contribution is 2.05. The first-order valence-corrected chi connectivity index (χ1v) is 4.78. The number of nitrogens with zero attached hydrogens (tertiary/aromatic N) is 2. The van der Waals surface area contributed by atoms with E-state index in [1.807, 2.05) is 17.8 Å². The average Bonchev–Trinajstić information content (AvgIpc) is 2.52. The Balaban J connectivity index is 2.45. The topological polar surface area (TPSA) is 38.0 Å². The number of aryl methyl sites for hydroxylation is 1. The largest absolute Gasteiger partial charge is 0.396 e. The highest BCUT2D eigenvalue weighted by Gasteiger charge is 2.05. The molecule has 1 aromatic rings. The van der Waals surface area contributed by atoms with E-state index in [2.05, 4.69) is 4.98 Å². The minimum absolute atomic E-state index is 0.239. The third-order valence-electron chi connectivity index (χ3n) is 1.88. The molecule has 0 atom stereocenters. The molecule has 0 aliphatic carbocycles. The van der Waals surface area contributed by atoms with Gasteiger partial charge in [-0.25, -0.2) is 4.98 Å². The molecule has 0 fully saturated rings. The lowest BCUT2D eigenvalue weighted by Gasteiger charge is -2.02. The number of rotatable bonds is 5. The first kappa shape index (κ1) is 10.3. The van der Waals surface area contributed by atoms with Gasteiger partial charge < -0.3 is 9.67 Å². The molecule has 1 N–H and O–H groups in total. The summed E-state index contributed by atoms with van der Waals surface area (Å²) in [5.74, 6) is 0.868. The average molecular weight is 198 g/mol. The van der Waals surface area contributed by atoms with E-state index in [1.165, 1.54) is 0 Å². The van der Waals surface area contributed by atoms with Crippen molar-refractivity contribution in [2.24, 2.45) is 7.05 Å². The molecule has 1 rings (SSSR count). The van der Waals surface area contributed by atoms with Gasteiger partial charge in [0.1, 0.15) is 5.82 Å². The SMILES string of the molecule is Cn1ccnc1C(=S)CCCCO. The smallest absolute Gasteiger partial charge is 0.146 e. The lowest BCUT2D eigenvalue weighted by atomic mass is 10.2. The van der Waals surface area contributed by atoms with Crippen LogP contribution in [0.25, 0.3) is 0 Å². The van der Waals surface area contributed by atoms with Crippen LogP contribution >= 0.6 is 12.2 Å². The molecule has 0 saturated heterocycles. The zero-order valence-electron chi connectivity index (χ0n) is 7.73. The van der Waals surface area contributed by atoms with Gasteiger partial charge in [-0.05, 0) is 19.3 Å². The Kier molecular flexibility index (Phi) is 4.05. The van der Waals surface area contributed by atoms with Crippen LogP contribution in [0, 0.1) is 0 Å². The molecular formula is C9H14N2OS. The van der Waals surface area contributed by atoms with E-state index in [0.29, 0.717) is 0 Å². The molecule has 0 aliphatic rings. The van der Waals surface area contributed by atoms with Crippen molar-refractivity contribution in [3.8, 4) is 0 Å². The van der Waals surface area contributed by atoms with E-state index in [-0.39, 0.29) is 6.61 Å². The highest BCUT2D eigenvalue weighted by molar-refractivity contribution is 7.80. The van der Waals surface area contributed by atoms with Crippen LogP contribution in [0.5, 0.6) is 0 Å². The molecule has 0 radical (unpaired) electrons. The number of aromatic nitrogens is 2. The summed E-state index contributed by atoms with van der Waals surface area (Å²) in [6.07, 6.45) is 6.20. The van der Waals surface area contributed by atoms with Crippen LogP contribution in [-0.4, -0.2) is 26.1 Å². The standard InChI is InChI=1S/C9H14N2OS/c1-11-6-5-10-9(11)8(13)4-2-3-7-12/h5-6,12H,2-4,7H2,1H3. The number of imidazole rings is 1. The van der Waals surface area contributed by atoms with E-state index >= 15 is 0 Å². The molecule has 4 heteroatoms. The normalized spacial score (nSPS) is 10.3. The fraction of sp³-hybridized carbons (Fsp3) is 0.556. The monoisotopic (exact) mass is 198 g/mol. The Morgan fingerprint density at radius 2 is 2.38 bits per heavy atom. The molecule has 72 valence electrons. The molecule has 1 heterocycles. The highest BCUT2D eigenvalue weighted by atomic mass is 32.1. The van der Waals surface area contributed by atoms with Crippen molar-refractivity contribution in [3.05, 3.63) is 18.2 Å². The molecule has 0 spiro atoms. The quantitative estimate of drug-likeness (QED) is 0.440. The van der Waals surface area contributed by atoms with E-state index in [9.17, 15) is 0 Å². The maximum absolute atomic E-state index is 8.60. The van der Waals surface area contributed by atoms with Gasteiger partial charge in [0.2, 0.25) is 0 Å². The van der Waals surface area contributed by atoms with Crippen LogP contribution in [-0.2, 0) is 7.05 Å². The summed E-state index contributed by atoms with van der Waals surface area (Å²) in [5, 5.41) is 8.60. The minimum Gasteiger partial charge on any atom is -0.396 e. The van der Waals surface area contributed by atoms with Crippen molar-refractivity contribution in [1.29, 1.82) is 0 Å². The van der Waals surface area contributed by atoms with Crippen molar-refractivity contribution in [2.45, 2.75) is 19.3 Å². The van der Waals surface area contributed by atoms with E-state index in [4.69, 9.17) is 17.3 Å². The second-order valence-corrected chi connectivity index (χ2v) is 3.46. The molecule has 3 nitrogen and oxygen atoms in total. The van der Waals surface area contributed by atoms with Gasteiger partial charge in [0.25, 0.3) is 0 Å². The third kappa shape index (κ3) is 2.90. The van der Waals surface area contributed by atoms with Gasteiger partial charge in [0.15, 0.2) is 0 Å². The van der Waals surface area contributed by atoms with Gasteiger partial charge in [-0.15, -0.1) is 0 Å². The second-order valence-electron chi connectivity index (χ2n) is 2.97. The zero-order chi connectivity index (χ0) is 9.68. The maximum Gasteiger partial charge on any atom is 0.146 e. The summed E-state index contributed by atoms with van der Waals surface area (Å²) in [5.41, 5.74) is 0. The van der Waals surface area contributed by atoms with Gasteiger partial charge in [0, 0.05) is 26.0 Å². The number of hydrogen-bond donors (Lipinski definition) is 1. The number of aliphatic hydroxyl groups is 1. The van der Waals surface area contributed by atoms with E-state index in [0.717, 1.165) is 30.0 Å². The van der Waals surface area contributed by atoms with Gasteiger partial charge in [-0.1, -0.05) is 12.2 Å². The summed E-state index contributed by atoms with van der Waals surface area (Å²) < 4.78 is 1.92. The van der Waals surface area contributed by atoms with Crippen LogP contribution in [0.15, 0.2) is 12.4 Å². The fourth-order valence-electron chi connectivity index (χ4n) is 1.14. The molecule has 0 unspecified atom stereocenters. The van der Waals surface area contributed by atoms with Crippen LogP contribution in [0.4, 0.5) is 0 Å². The van der Waals surface area contributed by atoms with Crippen molar-refractivity contribution in [2.75, 3.05) is 6.61 Å². The molecule has 0 bridgehead atoms. The van der Waals surface area contributed by atoms with Crippen LogP contribution in [0.3, 0.4) is 0 Å². The van der Waals surface area contributed by atoms with Gasteiger partial charge >= 0.3 is 0 Å². The predicted molar refractivity (Wildman–Crippen MR) is 55.8 cm³/mol. The van der Waals surface area contributed by atoms with Crippen molar-refractivity contribution >= 4 is 17.1 Å². The van der Waals surface area contributed by atoms with E-state index in [1.54, 1.807) is 6.20 Å². The Morgan fingerprint density at radius 3 is 2.92 bits per heavy atom. The van der Waals surface area contributed by atoms with E-state index < -0.39 is 0 Å². The van der Waals surface area contributed by atoms with Crippen molar-refractivity contribution < 1.29 is 5.11 Å². The second kappa shape index (κ2) is 5.09. The summed E-state index contributed by atoms with van der Waals surface area (Å²) >= 11 is 5.21. The molecule has 0 aliphatic heterocycles. The Bertz CT molecular complexity index is 283. The van der Waals surface area contributed by atoms with Crippen molar-refractivity contribution in [1.82, 2.24) is 9.55 Å². The van der Waals surface area contributed by atoms with Crippen LogP contribution in [0.2, 0.25) is 0 Å². The molecule has 1 aromatic heterocycles. The molecule has 0 saturated carbocycles.